The maximum atomic E-state index is 5.26. The summed E-state index contributed by atoms with van der Waals surface area (Å²) >= 11 is 7.08. The van der Waals surface area contributed by atoms with Crippen LogP contribution >= 0.6 is 31.9 Å². The molecular formula is C16H17Br2NO. The Labute approximate surface area is 136 Å². The Hall–Kier alpha value is -0.840. The Morgan fingerprint density at radius 3 is 2.65 bits per heavy atom. The number of methoxy groups -OCH3 is 1. The minimum atomic E-state index is 0.283. The van der Waals surface area contributed by atoms with E-state index in [9.17, 15) is 0 Å². The molecule has 1 N–H and O–H groups in total. The second-order valence-corrected chi connectivity index (χ2v) is 6.38. The van der Waals surface area contributed by atoms with Gasteiger partial charge < -0.3 is 10.1 Å². The van der Waals surface area contributed by atoms with Crippen molar-refractivity contribution in [2.75, 3.05) is 7.11 Å². The van der Waals surface area contributed by atoms with E-state index in [1.165, 1.54) is 11.1 Å². The van der Waals surface area contributed by atoms with E-state index in [-0.39, 0.29) is 6.04 Å². The molecule has 0 bridgehead atoms. The molecule has 2 aromatic carbocycles. The van der Waals surface area contributed by atoms with E-state index in [0.717, 1.165) is 21.2 Å². The smallest absolute Gasteiger partial charge is 0.119 e. The molecule has 2 aromatic rings. The van der Waals surface area contributed by atoms with Crippen molar-refractivity contribution >= 4 is 31.9 Å². The largest absolute Gasteiger partial charge is 0.497 e. The van der Waals surface area contributed by atoms with Crippen LogP contribution < -0.4 is 10.1 Å². The van der Waals surface area contributed by atoms with E-state index >= 15 is 0 Å². The average Bonchev–Trinajstić information content (AvgIpc) is 2.46. The highest BCUT2D eigenvalue weighted by molar-refractivity contribution is 9.10. The lowest BCUT2D eigenvalue weighted by molar-refractivity contribution is 0.413. The molecule has 2 nitrogen and oxygen atoms in total. The molecule has 0 amide bonds. The Morgan fingerprint density at radius 2 is 1.95 bits per heavy atom. The van der Waals surface area contributed by atoms with Gasteiger partial charge in [-0.1, -0.05) is 44.0 Å². The Morgan fingerprint density at radius 1 is 1.15 bits per heavy atom. The molecule has 0 spiro atoms. The van der Waals surface area contributed by atoms with Crippen molar-refractivity contribution in [1.82, 2.24) is 5.32 Å². The van der Waals surface area contributed by atoms with E-state index in [0.29, 0.717) is 0 Å². The molecule has 0 aliphatic heterocycles. The molecule has 4 heteroatoms. The van der Waals surface area contributed by atoms with Gasteiger partial charge in [-0.15, -0.1) is 0 Å². The van der Waals surface area contributed by atoms with Crippen LogP contribution in [0.3, 0.4) is 0 Å². The van der Waals surface area contributed by atoms with Gasteiger partial charge in [0, 0.05) is 21.5 Å². The lowest BCUT2D eigenvalue weighted by Crippen LogP contribution is -2.18. The maximum Gasteiger partial charge on any atom is 0.119 e. The van der Waals surface area contributed by atoms with Gasteiger partial charge in [0.15, 0.2) is 0 Å². The second-order valence-electron chi connectivity index (χ2n) is 4.61. The first kappa shape index (κ1) is 15.5. The third-order valence-electron chi connectivity index (χ3n) is 3.20. The quantitative estimate of drug-likeness (QED) is 0.758. The summed E-state index contributed by atoms with van der Waals surface area (Å²) in [6, 6.07) is 14.6. The first-order valence-electron chi connectivity index (χ1n) is 6.41. The Bertz CT molecular complexity index is 586. The van der Waals surface area contributed by atoms with Crippen LogP contribution in [0.15, 0.2) is 51.4 Å². The standard InChI is InChI=1S/C16H17Br2NO/c1-11(12-4-3-5-14(17)8-12)19-10-13-9-15(20-2)6-7-16(13)18/h3-9,11,19H,10H2,1-2H3/t11-/m1/s1. The minimum absolute atomic E-state index is 0.283. The molecule has 0 aromatic heterocycles. The third-order valence-corrected chi connectivity index (χ3v) is 4.47. The van der Waals surface area contributed by atoms with Crippen molar-refractivity contribution in [3.05, 3.63) is 62.5 Å². The van der Waals surface area contributed by atoms with Gasteiger partial charge in [-0.25, -0.2) is 0 Å². The van der Waals surface area contributed by atoms with Gasteiger partial charge >= 0.3 is 0 Å². The highest BCUT2D eigenvalue weighted by Gasteiger charge is 2.07. The van der Waals surface area contributed by atoms with Crippen molar-refractivity contribution in [2.45, 2.75) is 19.5 Å². The molecule has 0 saturated carbocycles. The van der Waals surface area contributed by atoms with Gasteiger partial charge in [-0.2, -0.15) is 0 Å². The second kappa shape index (κ2) is 7.25. The predicted octanol–water partition coefficient (Wildman–Crippen LogP) is 5.07. The molecule has 0 heterocycles. The molecule has 0 saturated heterocycles. The predicted molar refractivity (Wildman–Crippen MR) is 90.1 cm³/mol. The zero-order valence-corrected chi connectivity index (χ0v) is 14.7. The number of nitrogens with one attached hydrogen (secondary N) is 1. The van der Waals surface area contributed by atoms with Crippen LogP contribution in [0.1, 0.15) is 24.1 Å². The van der Waals surface area contributed by atoms with Gasteiger partial charge in [0.2, 0.25) is 0 Å². The summed E-state index contributed by atoms with van der Waals surface area (Å²) in [5, 5.41) is 3.53. The van der Waals surface area contributed by atoms with Gasteiger partial charge in [-0.3, -0.25) is 0 Å². The average molecular weight is 399 g/mol. The van der Waals surface area contributed by atoms with Crippen molar-refractivity contribution in [2.24, 2.45) is 0 Å². The van der Waals surface area contributed by atoms with Crippen LogP contribution in [0.5, 0.6) is 5.75 Å². The number of ether oxygens (including phenoxy) is 1. The lowest BCUT2D eigenvalue weighted by Gasteiger charge is -2.16. The summed E-state index contributed by atoms with van der Waals surface area (Å²) < 4.78 is 7.46. The fourth-order valence-electron chi connectivity index (χ4n) is 1.97. The van der Waals surface area contributed by atoms with Crippen molar-refractivity contribution < 1.29 is 4.74 Å². The fourth-order valence-corrected chi connectivity index (χ4v) is 2.77. The summed E-state index contributed by atoms with van der Waals surface area (Å²) in [6.45, 7) is 2.95. The molecular weight excluding hydrogens is 382 g/mol. The third kappa shape index (κ3) is 4.08. The summed E-state index contributed by atoms with van der Waals surface area (Å²) in [6.07, 6.45) is 0. The number of benzene rings is 2. The molecule has 0 unspecified atom stereocenters. The number of hydrogen-bond acceptors (Lipinski definition) is 2. The molecule has 1 atom stereocenters. The topological polar surface area (TPSA) is 21.3 Å². The number of halogens is 2. The summed E-state index contributed by atoms with van der Waals surface area (Å²) in [5.74, 6) is 0.875. The lowest BCUT2D eigenvalue weighted by atomic mass is 10.1. The fraction of sp³-hybridized carbons (Fsp3) is 0.250. The monoisotopic (exact) mass is 397 g/mol. The van der Waals surface area contributed by atoms with E-state index in [1.54, 1.807) is 7.11 Å². The molecule has 0 aliphatic rings. The van der Waals surface area contributed by atoms with Crippen molar-refractivity contribution in [3.63, 3.8) is 0 Å². The SMILES string of the molecule is COc1ccc(Br)c(CN[C@H](C)c2cccc(Br)c2)c1. The normalized spacial score (nSPS) is 12.2. The van der Waals surface area contributed by atoms with E-state index in [1.807, 2.05) is 24.3 Å². The summed E-state index contributed by atoms with van der Waals surface area (Å²) in [5.41, 5.74) is 2.45. The minimum Gasteiger partial charge on any atom is -0.497 e. The highest BCUT2D eigenvalue weighted by Crippen LogP contribution is 2.24. The van der Waals surface area contributed by atoms with Crippen molar-refractivity contribution in [3.8, 4) is 5.75 Å². The van der Waals surface area contributed by atoms with Crippen LogP contribution in [0.4, 0.5) is 0 Å². The molecule has 2 rings (SSSR count). The highest BCUT2D eigenvalue weighted by atomic mass is 79.9. The Balaban J connectivity index is 2.05. The van der Waals surface area contributed by atoms with Crippen LogP contribution in [0.25, 0.3) is 0 Å². The van der Waals surface area contributed by atoms with E-state index in [4.69, 9.17) is 4.74 Å². The number of rotatable bonds is 5. The van der Waals surface area contributed by atoms with E-state index in [2.05, 4.69) is 62.3 Å². The summed E-state index contributed by atoms with van der Waals surface area (Å²) in [7, 11) is 1.69. The van der Waals surface area contributed by atoms with E-state index < -0.39 is 0 Å². The van der Waals surface area contributed by atoms with Crippen LogP contribution in [0.2, 0.25) is 0 Å². The van der Waals surface area contributed by atoms with Crippen LogP contribution in [-0.2, 0) is 6.54 Å². The van der Waals surface area contributed by atoms with Gasteiger partial charge in [0.05, 0.1) is 7.11 Å². The zero-order chi connectivity index (χ0) is 14.5. The molecule has 106 valence electrons. The maximum absolute atomic E-state index is 5.26. The van der Waals surface area contributed by atoms with Crippen molar-refractivity contribution in [1.29, 1.82) is 0 Å². The number of hydrogen-bond donors (Lipinski definition) is 1. The molecule has 0 radical (unpaired) electrons. The Kier molecular flexibility index (Phi) is 5.64. The van der Waals surface area contributed by atoms with Gasteiger partial charge in [0.1, 0.15) is 5.75 Å². The molecule has 0 fully saturated rings. The van der Waals surface area contributed by atoms with Crippen LogP contribution in [-0.4, -0.2) is 7.11 Å². The first-order chi connectivity index (χ1) is 9.60. The van der Waals surface area contributed by atoms with Crippen LogP contribution in [0, 0.1) is 0 Å². The van der Waals surface area contributed by atoms with Gasteiger partial charge in [-0.05, 0) is 48.4 Å². The molecule has 20 heavy (non-hydrogen) atoms. The summed E-state index contributed by atoms with van der Waals surface area (Å²) in [4.78, 5) is 0. The van der Waals surface area contributed by atoms with Gasteiger partial charge in [0.25, 0.3) is 0 Å². The zero-order valence-electron chi connectivity index (χ0n) is 11.5. The molecule has 0 aliphatic carbocycles. The first-order valence-corrected chi connectivity index (χ1v) is 8.00.